The summed E-state index contributed by atoms with van der Waals surface area (Å²) in [6, 6.07) is 8.86. The van der Waals surface area contributed by atoms with Gasteiger partial charge in [0.15, 0.2) is 0 Å². The fraction of sp³-hybridized carbons (Fsp3) is 0. The van der Waals surface area contributed by atoms with Gasteiger partial charge in [0.25, 0.3) is 0 Å². The number of urea groups is 1. The highest BCUT2D eigenvalue weighted by molar-refractivity contribution is 6.30. The summed E-state index contributed by atoms with van der Waals surface area (Å²) >= 11 is 5.73. The minimum Gasteiger partial charge on any atom is -0.477 e. The molecule has 1 heterocycles. The van der Waals surface area contributed by atoms with Crippen molar-refractivity contribution in [1.29, 1.82) is 0 Å². The highest BCUT2D eigenvalue weighted by Crippen LogP contribution is 2.14. The number of halogens is 1. The molecule has 6 nitrogen and oxygen atoms in total. The van der Waals surface area contributed by atoms with Crippen LogP contribution in [-0.2, 0) is 0 Å². The van der Waals surface area contributed by atoms with Crippen molar-refractivity contribution in [2.45, 2.75) is 0 Å². The van der Waals surface area contributed by atoms with Gasteiger partial charge in [-0.1, -0.05) is 11.6 Å². The molecule has 20 heavy (non-hydrogen) atoms. The molecule has 0 saturated heterocycles. The lowest BCUT2D eigenvalue weighted by Crippen LogP contribution is -2.19. The lowest BCUT2D eigenvalue weighted by Gasteiger charge is -2.07. The van der Waals surface area contributed by atoms with E-state index in [4.69, 9.17) is 16.7 Å². The molecule has 2 aromatic rings. The molecule has 0 radical (unpaired) electrons. The van der Waals surface area contributed by atoms with Crippen LogP contribution in [0.2, 0.25) is 5.02 Å². The van der Waals surface area contributed by atoms with Crippen LogP contribution in [0, 0.1) is 0 Å². The standard InChI is InChI=1S/C13H10ClN3O3/c14-8-1-3-9(4-2-8)16-13(20)17-10-5-6-15-11(7-10)12(18)19/h1-7H,(H,18,19)(H2,15,16,17,20). The van der Waals surface area contributed by atoms with Gasteiger partial charge >= 0.3 is 12.0 Å². The second kappa shape index (κ2) is 6.03. The van der Waals surface area contributed by atoms with E-state index in [-0.39, 0.29) is 5.69 Å². The summed E-state index contributed by atoms with van der Waals surface area (Å²) in [4.78, 5) is 26.1. The molecule has 0 fully saturated rings. The second-order valence-corrected chi connectivity index (χ2v) is 4.26. The molecule has 0 spiro atoms. The molecule has 0 bridgehead atoms. The zero-order valence-corrected chi connectivity index (χ0v) is 10.9. The highest BCUT2D eigenvalue weighted by Gasteiger charge is 2.07. The quantitative estimate of drug-likeness (QED) is 0.810. The molecule has 7 heteroatoms. The first-order chi connectivity index (χ1) is 9.54. The van der Waals surface area contributed by atoms with E-state index < -0.39 is 12.0 Å². The number of hydrogen-bond donors (Lipinski definition) is 3. The van der Waals surface area contributed by atoms with E-state index in [1.54, 1.807) is 24.3 Å². The van der Waals surface area contributed by atoms with Gasteiger partial charge < -0.3 is 15.7 Å². The maximum atomic E-state index is 11.7. The van der Waals surface area contributed by atoms with E-state index in [1.165, 1.54) is 18.3 Å². The fourth-order valence-electron chi connectivity index (χ4n) is 1.45. The number of rotatable bonds is 3. The molecule has 2 amide bonds. The topological polar surface area (TPSA) is 91.3 Å². The Morgan fingerprint density at radius 3 is 2.35 bits per heavy atom. The number of carboxylic acid groups (broad SMARTS) is 1. The molecule has 3 N–H and O–H groups in total. The Morgan fingerprint density at radius 2 is 1.70 bits per heavy atom. The van der Waals surface area contributed by atoms with E-state index in [1.807, 2.05) is 0 Å². The molecule has 1 aromatic carbocycles. The minimum absolute atomic E-state index is 0.144. The normalized spacial score (nSPS) is 9.85. The number of carbonyl (C=O) groups excluding carboxylic acids is 1. The SMILES string of the molecule is O=C(Nc1ccc(Cl)cc1)Nc1ccnc(C(=O)O)c1. The van der Waals surface area contributed by atoms with Gasteiger partial charge in [-0.2, -0.15) is 0 Å². The van der Waals surface area contributed by atoms with Crippen molar-refractivity contribution in [2.75, 3.05) is 10.6 Å². The smallest absolute Gasteiger partial charge is 0.354 e. The van der Waals surface area contributed by atoms with Crippen molar-refractivity contribution in [3.63, 3.8) is 0 Å². The number of amides is 2. The summed E-state index contributed by atoms with van der Waals surface area (Å²) in [5.74, 6) is -1.16. The zero-order chi connectivity index (χ0) is 14.5. The van der Waals surface area contributed by atoms with Gasteiger partial charge in [0.2, 0.25) is 0 Å². The molecule has 0 aliphatic rings. The molecule has 0 atom stereocenters. The number of aromatic nitrogens is 1. The summed E-state index contributed by atoms with van der Waals surface area (Å²) in [5, 5.41) is 14.5. The van der Waals surface area contributed by atoms with Gasteiger partial charge in [-0.05, 0) is 36.4 Å². The van der Waals surface area contributed by atoms with Gasteiger partial charge in [-0.15, -0.1) is 0 Å². The van der Waals surface area contributed by atoms with Gasteiger partial charge in [0.1, 0.15) is 5.69 Å². The van der Waals surface area contributed by atoms with Crippen LogP contribution < -0.4 is 10.6 Å². The van der Waals surface area contributed by atoms with E-state index in [0.29, 0.717) is 16.4 Å². The van der Waals surface area contributed by atoms with Crippen molar-refractivity contribution in [1.82, 2.24) is 4.98 Å². The number of nitrogens with zero attached hydrogens (tertiary/aromatic N) is 1. The number of nitrogens with one attached hydrogen (secondary N) is 2. The molecule has 0 aliphatic heterocycles. The molecule has 0 unspecified atom stereocenters. The molecule has 0 aliphatic carbocycles. The number of benzene rings is 1. The van der Waals surface area contributed by atoms with Gasteiger partial charge in [-0.25, -0.2) is 14.6 Å². The summed E-state index contributed by atoms with van der Waals surface area (Å²) in [6.45, 7) is 0. The number of pyridine rings is 1. The van der Waals surface area contributed by atoms with Crippen molar-refractivity contribution in [3.05, 3.63) is 53.3 Å². The largest absolute Gasteiger partial charge is 0.477 e. The Balaban J connectivity index is 2.02. The lowest BCUT2D eigenvalue weighted by atomic mass is 10.3. The van der Waals surface area contributed by atoms with Crippen LogP contribution >= 0.6 is 11.6 Å². The lowest BCUT2D eigenvalue weighted by molar-refractivity contribution is 0.0690. The number of anilines is 2. The predicted molar refractivity (Wildman–Crippen MR) is 75.3 cm³/mol. The van der Waals surface area contributed by atoms with Crippen molar-refractivity contribution < 1.29 is 14.7 Å². The second-order valence-electron chi connectivity index (χ2n) is 3.82. The van der Waals surface area contributed by atoms with E-state index in [0.717, 1.165) is 0 Å². The Kier molecular flexibility index (Phi) is 4.17. The summed E-state index contributed by atoms with van der Waals surface area (Å²) in [7, 11) is 0. The van der Waals surface area contributed by atoms with E-state index >= 15 is 0 Å². The predicted octanol–water partition coefficient (Wildman–Crippen LogP) is 3.08. The third kappa shape index (κ3) is 3.69. The van der Waals surface area contributed by atoms with Crippen LogP contribution in [0.15, 0.2) is 42.6 Å². The monoisotopic (exact) mass is 291 g/mol. The highest BCUT2D eigenvalue weighted by atomic mass is 35.5. The zero-order valence-electron chi connectivity index (χ0n) is 10.1. The fourth-order valence-corrected chi connectivity index (χ4v) is 1.58. The molecular weight excluding hydrogens is 282 g/mol. The van der Waals surface area contributed by atoms with Crippen molar-refractivity contribution in [3.8, 4) is 0 Å². The van der Waals surface area contributed by atoms with Gasteiger partial charge in [0, 0.05) is 22.6 Å². The van der Waals surface area contributed by atoms with Crippen LogP contribution in [0.25, 0.3) is 0 Å². The first-order valence-electron chi connectivity index (χ1n) is 5.57. The molecular formula is C13H10ClN3O3. The number of aromatic carboxylic acids is 1. The Labute approximate surface area is 119 Å². The molecule has 1 aromatic heterocycles. The Morgan fingerprint density at radius 1 is 1.05 bits per heavy atom. The van der Waals surface area contributed by atoms with Gasteiger partial charge in [0.05, 0.1) is 0 Å². The van der Waals surface area contributed by atoms with Crippen molar-refractivity contribution in [2.24, 2.45) is 0 Å². The summed E-state index contributed by atoms with van der Waals surface area (Å²) < 4.78 is 0. The van der Waals surface area contributed by atoms with Crippen LogP contribution in [0.5, 0.6) is 0 Å². The average molecular weight is 292 g/mol. The summed E-state index contributed by atoms with van der Waals surface area (Å²) in [5.41, 5.74) is 0.762. The number of hydrogen-bond acceptors (Lipinski definition) is 3. The Bertz CT molecular complexity index is 644. The van der Waals surface area contributed by atoms with Crippen molar-refractivity contribution >= 4 is 35.0 Å². The number of carboxylic acids is 1. The van der Waals surface area contributed by atoms with Gasteiger partial charge in [-0.3, -0.25) is 0 Å². The third-order valence-electron chi connectivity index (χ3n) is 2.34. The molecule has 0 saturated carbocycles. The maximum absolute atomic E-state index is 11.7. The van der Waals surface area contributed by atoms with Crippen LogP contribution in [0.3, 0.4) is 0 Å². The molecule has 102 valence electrons. The minimum atomic E-state index is -1.16. The Hall–Kier alpha value is -2.60. The van der Waals surface area contributed by atoms with Crippen LogP contribution in [0.4, 0.5) is 16.2 Å². The van der Waals surface area contributed by atoms with Crippen LogP contribution in [0.1, 0.15) is 10.5 Å². The number of carbonyl (C=O) groups is 2. The van der Waals surface area contributed by atoms with E-state index in [2.05, 4.69) is 15.6 Å². The maximum Gasteiger partial charge on any atom is 0.354 e. The van der Waals surface area contributed by atoms with Crippen LogP contribution in [-0.4, -0.2) is 22.1 Å². The summed E-state index contributed by atoms with van der Waals surface area (Å²) in [6.07, 6.45) is 1.31. The third-order valence-corrected chi connectivity index (χ3v) is 2.59. The first-order valence-corrected chi connectivity index (χ1v) is 5.95. The first kappa shape index (κ1) is 13.8. The average Bonchev–Trinajstić information content (AvgIpc) is 2.41. The molecule has 2 rings (SSSR count). The van der Waals surface area contributed by atoms with E-state index in [9.17, 15) is 9.59 Å².